The van der Waals surface area contributed by atoms with Crippen LogP contribution in [0.25, 0.3) is 0 Å². The lowest BCUT2D eigenvalue weighted by atomic mass is 10.3. The summed E-state index contributed by atoms with van der Waals surface area (Å²) in [5, 5.41) is 3.16. The van der Waals surface area contributed by atoms with Crippen LogP contribution >= 0.6 is 11.8 Å². The quantitative estimate of drug-likeness (QED) is 0.735. The van der Waals surface area contributed by atoms with Gasteiger partial charge in [-0.2, -0.15) is 11.8 Å². The molecule has 0 heterocycles. The highest BCUT2D eigenvalue weighted by Crippen LogP contribution is 2.21. The number of nitrogens with one attached hydrogen (secondary N) is 2. The number of thioether (sulfide) groups is 1. The van der Waals surface area contributed by atoms with Crippen molar-refractivity contribution in [3.63, 3.8) is 0 Å². The molecule has 20 heavy (non-hydrogen) atoms. The van der Waals surface area contributed by atoms with E-state index in [-0.39, 0.29) is 6.04 Å². The summed E-state index contributed by atoms with van der Waals surface area (Å²) in [5.41, 5.74) is 0.664. The van der Waals surface area contributed by atoms with Crippen molar-refractivity contribution in [2.24, 2.45) is 0 Å². The summed E-state index contributed by atoms with van der Waals surface area (Å²) in [4.78, 5) is 0.321. The van der Waals surface area contributed by atoms with E-state index in [4.69, 9.17) is 0 Å². The average Bonchev–Trinajstić information content (AvgIpc) is 2.42. The third-order valence-electron chi connectivity index (χ3n) is 2.67. The van der Waals surface area contributed by atoms with Gasteiger partial charge in [0, 0.05) is 18.3 Å². The van der Waals surface area contributed by atoms with Gasteiger partial charge in [0.05, 0.1) is 5.69 Å². The molecule has 2 N–H and O–H groups in total. The first kappa shape index (κ1) is 17.3. The number of benzene rings is 1. The molecule has 4 nitrogen and oxygen atoms in total. The molecule has 0 saturated heterocycles. The van der Waals surface area contributed by atoms with E-state index in [1.165, 1.54) is 0 Å². The molecule has 1 rings (SSSR count). The fraction of sp³-hybridized carbons (Fsp3) is 0.571. The molecule has 1 unspecified atom stereocenters. The Labute approximate surface area is 126 Å². The molecule has 0 aromatic heterocycles. The van der Waals surface area contributed by atoms with Crippen molar-refractivity contribution < 1.29 is 8.42 Å². The Morgan fingerprint density at radius 3 is 2.60 bits per heavy atom. The maximum absolute atomic E-state index is 12.4. The van der Waals surface area contributed by atoms with Crippen molar-refractivity contribution in [3.8, 4) is 0 Å². The standard InChI is InChI=1S/C14H24N2O2S2/c1-4-10-15-13-8-6-7-9-14(13)20(17,18)16-12(3)11-19-5-2/h6-9,12,15-16H,4-5,10-11H2,1-3H3. The summed E-state index contributed by atoms with van der Waals surface area (Å²) >= 11 is 1.73. The van der Waals surface area contributed by atoms with Crippen LogP contribution in [0, 0.1) is 0 Å². The molecule has 0 aliphatic carbocycles. The molecular formula is C14H24N2O2S2. The molecule has 1 aromatic carbocycles. The smallest absolute Gasteiger partial charge is 0.242 e. The molecule has 0 aliphatic rings. The highest BCUT2D eigenvalue weighted by molar-refractivity contribution is 7.99. The monoisotopic (exact) mass is 316 g/mol. The highest BCUT2D eigenvalue weighted by Gasteiger charge is 2.20. The van der Waals surface area contributed by atoms with E-state index >= 15 is 0 Å². The maximum Gasteiger partial charge on any atom is 0.242 e. The second-order valence-corrected chi connectivity index (χ2v) is 7.61. The molecule has 1 aromatic rings. The predicted octanol–water partition coefficient (Wildman–Crippen LogP) is 2.93. The highest BCUT2D eigenvalue weighted by atomic mass is 32.2. The zero-order valence-electron chi connectivity index (χ0n) is 12.3. The molecule has 0 bridgehead atoms. The lowest BCUT2D eigenvalue weighted by molar-refractivity contribution is 0.571. The van der Waals surface area contributed by atoms with Crippen LogP contribution in [0.2, 0.25) is 0 Å². The molecular weight excluding hydrogens is 292 g/mol. The lowest BCUT2D eigenvalue weighted by Crippen LogP contribution is -2.34. The number of hydrogen-bond acceptors (Lipinski definition) is 4. The van der Waals surface area contributed by atoms with Crippen LogP contribution in [0.1, 0.15) is 27.2 Å². The van der Waals surface area contributed by atoms with Gasteiger partial charge in [0.1, 0.15) is 4.90 Å². The summed E-state index contributed by atoms with van der Waals surface area (Å²) in [6.45, 7) is 6.76. The van der Waals surface area contributed by atoms with Crippen LogP contribution in [0.15, 0.2) is 29.2 Å². The van der Waals surface area contributed by atoms with Crippen LogP contribution < -0.4 is 10.0 Å². The van der Waals surface area contributed by atoms with Crippen molar-refractivity contribution in [2.45, 2.75) is 38.1 Å². The third-order valence-corrected chi connectivity index (χ3v) is 5.46. The van der Waals surface area contributed by atoms with Gasteiger partial charge in [0.2, 0.25) is 10.0 Å². The zero-order chi connectivity index (χ0) is 15.0. The number of anilines is 1. The van der Waals surface area contributed by atoms with Crippen molar-refractivity contribution in [2.75, 3.05) is 23.4 Å². The Bertz CT molecular complexity index is 504. The number of hydrogen-bond donors (Lipinski definition) is 2. The Kier molecular flexibility index (Phi) is 7.40. The van der Waals surface area contributed by atoms with E-state index in [0.29, 0.717) is 10.6 Å². The molecule has 0 radical (unpaired) electrons. The Balaban J connectivity index is 2.86. The van der Waals surface area contributed by atoms with Crippen molar-refractivity contribution in [1.82, 2.24) is 4.72 Å². The summed E-state index contributed by atoms with van der Waals surface area (Å²) in [6, 6.07) is 6.95. The van der Waals surface area contributed by atoms with Gasteiger partial charge in [-0.1, -0.05) is 26.0 Å². The van der Waals surface area contributed by atoms with E-state index in [1.807, 2.05) is 19.9 Å². The Hall–Kier alpha value is -0.720. The maximum atomic E-state index is 12.4. The fourth-order valence-electron chi connectivity index (χ4n) is 1.76. The van der Waals surface area contributed by atoms with Gasteiger partial charge in [-0.15, -0.1) is 0 Å². The zero-order valence-corrected chi connectivity index (χ0v) is 14.0. The molecule has 0 fully saturated rings. The molecule has 0 saturated carbocycles. The Morgan fingerprint density at radius 1 is 1.25 bits per heavy atom. The largest absolute Gasteiger partial charge is 0.384 e. The first-order chi connectivity index (χ1) is 9.51. The third kappa shape index (κ3) is 5.34. The molecule has 0 aliphatic heterocycles. The normalized spacial score (nSPS) is 13.2. The van der Waals surface area contributed by atoms with Crippen LogP contribution in [-0.4, -0.2) is 32.5 Å². The van der Waals surface area contributed by atoms with E-state index in [9.17, 15) is 8.42 Å². The summed E-state index contributed by atoms with van der Waals surface area (Å²) in [6.07, 6.45) is 0.950. The lowest BCUT2D eigenvalue weighted by Gasteiger charge is -2.16. The van der Waals surface area contributed by atoms with Crippen LogP contribution in [0.3, 0.4) is 0 Å². The number of para-hydroxylation sites is 1. The van der Waals surface area contributed by atoms with Crippen LogP contribution in [0.4, 0.5) is 5.69 Å². The van der Waals surface area contributed by atoms with Gasteiger partial charge in [-0.05, 0) is 31.2 Å². The second-order valence-electron chi connectivity index (χ2n) is 4.60. The molecule has 1 atom stereocenters. The minimum Gasteiger partial charge on any atom is -0.384 e. The van der Waals surface area contributed by atoms with Gasteiger partial charge >= 0.3 is 0 Å². The molecule has 6 heteroatoms. The average molecular weight is 316 g/mol. The van der Waals surface area contributed by atoms with E-state index in [1.54, 1.807) is 30.0 Å². The first-order valence-electron chi connectivity index (χ1n) is 6.94. The molecule has 0 spiro atoms. The molecule has 0 amide bonds. The van der Waals surface area contributed by atoms with E-state index in [2.05, 4.69) is 17.0 Å². The van der Waals surface area contributed by atoms with Crippen molar-refractivity contribution in [3.05, 3.63) is 24.3 Å². The van der Waals surface area contributed by atoms with Crippen LogP contribution in [0.5, 0.6) is 0 Å². The van der Waals surface area contributed by atoms with Gasteiger partial charge in [0.25, 0.3) is 0 Å². The minimum absolute atomic E-state index is 0.0795. The summed E-state index contributed by atoms with van der Waals surface area (Å²) in [7, 11) is -3.48. The number of rotatable bonds is 9. The van der Waals surface area contributed by atoms with Crippen molar-refractivity contribution >= 4 is 27.5 Å². The molecule has 114 valence electrons. The van der Waals surface area contributed by atoms with E-state index < -0.39 is 10.0 Å². The Morgan fingerprint density at radius 2 is 1.95 bits per heavy atom. The predicted molar refractivity (Wildman–Crippen MR) is 88.0 cm³/mol. The fourth-order valence-corrected chi connectivity index (χ4v) is 3.97. The first-order valence-corrected chi connectivity index (χ1v) is 9.58. The van der Waals surface area contributed by atoms with Crippen molar-refractivity contribution in [1.29, 1.82) is 0 Å². The van der Waals surface area contributed by atoms with Gasteiger partial charge < -0.3 is 5.32 Å². The van der Waals surface area contributed by atoms with Gasteiger partial charge in [-0.3, -0.25) is 0 Å². The van der Waals surface area contributed by atoms with Gasteiger partial charge in [0.15, 0.2) is 0 Å². The van der Waals surface area contributed by atoms with Gasteiger partial charge in [-0.25, -0.2) is 13.1 Å². The van der Waals surface area contributed by atoms with Crippen LogP contribution in [-0.2, 0) is 10.0 Å². The summed E-state index contributed by atoms with van der Waals surface area (Å²) < 4.78 is 27.6. The SMILES string of the molecule is CCCNc1ccccc1S(=O)(=O)NC(C)CSCC. The number of sulfonamides is 1. The summed E-state index contributed by atoms with van der Waals surface area (Å²) in [5.74, 6) is 1.76. The topological polar surface area (TPSA) is 58.2 Å². The minimum atomic E-state index is -3.48. The van der Waals surface area contributed by atoms with E-state index in [0.717, 1.165) is 24.5 Å². The second kappa shape index (κ2) is 8.54.